The number of rotatable bonds is 5. The second kappa shape index (κ2) is 8.98. The van der Waals surface area contributed by atoms with E-state index in [-0.39, 0.29) is 11.8 Å². The normalized spacial score (nSPS) is 10.5. The molecular weight excluding hydrogens is 274 g/mol. The molecule has 2 rings (SSSR count). The minimum Gasteiger partial charge on any atom is -0.481 e. The predicted octanol–water partition coefficient (Wildman–Crippen LogP) is 4.51. The Balaban J connectivity index is 0.000000287. The van der Waals surface area contributed by atoms with Crippen molar-refractivity contribution in [1.82, 2.24) is 4.98 Å². The zero-order valence-corrected chi connectivity index (χ0v) is 13.6. The zero-order valence-electron chi connectivity index (χ0n) is 13.6. The summed E-state index contributed by atoms with van der Waals surface area (Å²) in [5.74, 6) is -0.715. The maximum absolute atomic E-state index is 10.6. The van der Waals surface area contributed by atoms with Gasteiger partial charge in [0.25, 0.3) is 0 Å². The number of aryl methyl sites for hydroxylation is 2. The minimum absolute atomic E-state index is 0.123. The molecule has 1 aromatic heterocycles. The van der Waals surface area contributed by atoms with E-state index in [1.807, 2.05) is 57.2 Å². The highest BCUT2D eigenvalue weighted by Crippen LogP contribution is 2.26. The van der Waals surface area contributed by atoms with E-state index in [0.29, 0.717) is 0 Å². The van der Waals surface area contributed by atoms with Gasteiger partial charge in [-0.05, 0) is 42.9 Å². The lowest BCUT2D eigenvalue weighted by molar-refractivity contribution is -0.139. The Hall–Kier alpha value is -2.16. The molecule has 0 atom stereocenters. The second-order valence-corrected chi connectivity index (χ2v) is 6.19. The van der Waals surface area contributed by atoms with Crippen LogP contribution in [0.25, 0.3) is 0 Å². The van der Waals surface area contributed by atoms with Crippen molar-refractivity contribution in [2.24, 2.45) is 5.41 Å². The zero-order chi connectivity index (χ0) is 16.4. The van der Waals surface area contributed by atoms with Crippen molar-refractivity contribution in [1.29, 1.82) is 0 Å². The molecule has 0 aliphatic rings. The summed E-state index contributed by atoms with van der Waals surface area (Å²) in [6.07, 6.45) is 3.87. The molecule has 2 aromatic rings. The van der Waals surface area contributed by atoms with E-state index in [2.05, 4.69) is 17.1 Å². The molecule has 0 aliphatic carbocycles. The van der Waals surface area contributed by atoms with Crippen LogP contribution in [0, 0.1) is 12.3 Å². The molecule has 0 bridgehead atoms. The first-order valence-corrected chi connectivity index (χ1v) is 7.52. The highest BCUT2D eigenvalue weighted by molar-refractivity contribution is 5.67. The lowest BCUT2D eigenvalue weighted by Gasteiger charge is -2.22. The highest BCUT2D eigenvalue weighted by Gasteiger charge is 2.21. The summed E-state index contributed by atoms with van der Waals surface area (Å²) in [7, 11) is 0. The predicted molar refractivity (Wildman–Crippen MR) is 89.8 cm³/mol. The monoisotopic (exact) mass is 299 g/mol. The first-order chi connectivity index (χ1) is 10.4. The maximum atomic E-state index is 10.6. The molecule has 1 heterocycles. The lowest BCUT2D eigenvalue weighted by Crippen LogP contribution is -2.17. The fourth-order valence-electron chi connectivity index (χ4n) is 2.07. The van der Waals surface area contributed by atoms with Gasteiger partial charge in [0, 0.05) is 11.9 Å². The van der Waals surface area contributed by atoms with Crippen LogP contribution in [-0.2, 0) is 11.2 Å². The number of nitrogens with zero attached hydrogens (tertiary/aromatic N) is 1. The summed E-state index contributed by atoms with van der Waals surface area (Å²) in [4.78, 5) is 14.6. The molecule has 1 N–H and O–H groups in total. The number of carboxylic acids is 1. The molecule has 3 nitrogen and oxygen atoms in total. The van der Waals surface area contributed by atoms with E-state index >= 15 is 0 Å². The summed E-state index contributed by atoms with van der Waals surface area (Å²) in [6, 6.07) is 16.0. The highest BCUT2D eigenvalue weighted by atomic mass is 16.4. The molecule has 0 fully saturated rings. The standard InChI is InChI=1S/C13H18O2.C6H7N/c1-13(2,10-12(14)15)9-8-11-6-4-3-5-7-11;1-6-4-2-3-5-7-6/h3-7H,8-10H2,1-2H3,(H,14,15);2-5H,1H3. The minimum atomic E-state index is -0.715. The van der Waals surface area contributed by atoms with Crippen molar-refractivity contribution in [3.05, 3.63) is 66.0 Å². The van der Waals surface area contributed by atoms with Crippen LogP contribution in [0.3, 0.4) is 0 Å². The Morgan fingerprint density at radius 2 is 1.73 bits per heavy atom. The third-order valence-corrected chi connectivity index (χ3v) is 3.38. The average molecular weight is 299 g/mol. The van der Waals surface area contributed by atoms with Crippen LogP contribution in [-0.4, -0.2) is 16.1 Å². The third kappa shape index (κ3) is 8.20. The number of aromatic nitrogens is 1. The fraction of sp³-hybridized carbons (Fsp3) is 0.368. The number of carboxylic acid groups (broad SMARTS) is 1. The summed E-state index contributed by atoms with van der Waals surface area (Å²) in [5.41, 5.74) is 2.22. The summed E-state index contributed by atoms with van der Waals surface area (Å²) < 4.78 is 0. The molecular formula is C19H25NO2. The topological polar surface area (TPSA) is 50.2 Å². The Morgan fingerprint density at radius 1 is 1.09 bits per heavy atom. The smallest absolute Gasteiger partial charge is 0.303 e. The van der Waals surface area contributed by atoms with Crippen LogP contribution in [0.2, 0.25) is 0 Å². The molecule has 0 saturated heterocycles. The Labute approximate surface area is 133 Å². The molecule has 118 valence electrons. The number of benzene rings is 1. The van der Waals surface area contributed by atoms with Gasteiger partial charge in [-0.15, -0.1) is 0 Å². The van der Waals surface area contributed by atoms with Crippen molar-refractivity contribution in [2.75, 3.05) is 0 Å². The number of hydrogen-bond donors (Lipinski definition) is 1. The summed E-state index contributed by atoms with van der Waals surface area (Å²) >= 11 is 0. The molecule has 1 aromatic carbocycles. The van der Waals surface area contributed by atoms with Crippen LogP contribution in [0.4, 0.5) is 0 Å². The first kappa shape index (κ1) is 17.9. The van der Waals surface area contributed by atoms with Crippen LogP contribution < -0.4 is 0 Å². The van der Waals surface area contributed by atoms with E-state index in [0.717, 1.165) is 18.5 Å². The Bertz CT molecular complexity index is 550. The second-order valence-electron chi connectivity index (χ2n) is 6.19. The van der Waals surface area contributed by atoms with Gasteiger partial charge in [-0.25, -0.2) is 0 Å². The fourth-order valence-corrected chi connectivity index (χ4v) is 2.07. The molecule has 0 amide bonds. The maximum Gasteiger partial charge on any atom is 0.303 e. The number of aliphatic carboxylic acids is 1. The molecule has 0 radical (unpaired) electrons. The number of carbonyl (C=O) groups is 1. The van der Waals surface area contributed by atoms with E-state index < -0.39 is 5.97 Å². The lowest BCUT2D eigenvalue weighted by atomic mass is 9.83. The van der Waals surface area contributed by atoms with Gasteiger partial charge in [0.1, 0.15) is 0 Å². The SMILES string of the molecule is CC(C)(CCc1ccccc1)CC(=O)O.Cc1ccccn1. The number of pyridine rings is 1. The van der Waals surface area contributed by atoms with Gasteiger partial charge in [-0.3, -0.25) is 9.78 Å². The molecule has 0 saturated carbocycles. The molecule has 0 spiro atoms. The first-order valence-electron chi connectivity index (χ1n) is 7.52. The van der Waals surface area contributed by atoms with Crippen molar-refractivity contribution in [2.45, 2.75) is 40.0 Å². The van der Waals surface area contributed by atoms with Gasteiger partial charge in [-0.1, -0.05) is 50.2 Å². The van der Waals surface area contributed by atoms with Crippen molar-refractivity contribution in [3.63, 3.8) is 0 Å². The van der Waals surface area contributed by atoms with Crippen molar-refractivity contribution in [3.8, 4) is 0 Å². The summed E-state index contributed by atoms with van der Waals surface area (Å²) in [5, 5.41) is 8.75. The Morgan fingerprint density at radius 3 is 2.18 bits per heavy atom. The summed E-state index contributed by atoms with van der Waals surface area (Å²) in [6.45, 7) is 5.98. The van der Waals surface area contributed by atoms with Gasteiger partial charge < -0.3 is 5.11 Å². The van der Waals surface area contributed by atoms with Crippen LogP contribution in [0.15, 0.2) is 54.7 Å². The van der Waals surface area contributed by atoms with Gasteiger partial charge in [0.05, 0.1) is 6.42 Å². The van der Waals surface area contributed by atoms with Gasteiger partial charge in [0.2, 0.25) is 0 Å². The molecule has 0 unspecified atom stereocenters. The van der Waals surface area contributed by atoms with E-state index in [9.17, 15) is 4.79 Å². The number of hydrogen-bond acceptors (Lipinski definition) is 2. The van der Waals surface area contributed by atoms with Crippen molar-refractivity contribution >= 4 is 5.97 Å². The molecule has 22 heavy (non-hydrogen) atoms. The quantitative estimate of drug-likeness (QED) is 0.883. The van der Waals surface area contributed by atoms with E-state index in [1.54, 1.807) is 6.20 Å². The molecule has 0 aliphatic heterocycles. The van der Waals surface area contributed by atoms with Crippen LogP contribution in [0.1, 0.15) is 37.9 Å². The van der Waals surface area contributed by atoms with Crippen molar-refractivity contribution < 1.29 is 9.90 Å². The Kier molecular flexibility index (Phi) is 7.30. The van der Waals surface area contributed by atoms with E-state index in [4.69, 9.17) is 5.11 Å². The van der Waals surface area contributed by atoms with Crippen LogP contribution in [0.5, 0.6) is 0 Å². The van der Waals surface area contributed by atoms with E-state index in [1.165, 1.54) is 5.56 Å². The largest absolute Gasteiger partial charge is 0.481 e. The van der Waals surface area contributed by atoms with Gasteiger partial charge in [-0.2, -0.15) is 0 Å². The third-order valence-electron chi connectivity index (χ3n) is 3.38. The van der Waals surface area contributed by atoms with Gasteiger partial charge in [0.15, 0.2) is 0 Å². The van der Waals surface area contributed by atoms with Crippen LogP contribution >= 0.6 is 0 Å². The van der Waals surface area contributed by atoms with Gasteiger partial charge >= 0.3 is 5.97 Å². The average Bonchev–Trinajstić information content (AvgIpc) is 2.47. The molecule has 3 heteroatoms.